The SMILES string of the molecule is CNC(C)c1csc(CSc2cccc(C)c2)n1. The summed E-state index contributed by atoms with van der Waals surface area (Å²) in [5.41, 5.74) is 2.45. The third-order valence-corrected chi connectivity index (χ3v) is 4.85. The fraction of sp³-hybridized carbons (Fsp3) is 0.357. The normalized spacial score (nSPS) is 12.6. The van der Waals surface area contributed by atoms with Crippen molar-refractivity contribution in [2.45, 2.75) is 30.5 Å². The Labute approximate surface area is 117 Å². The number of hydrogen-bond acceptors (Lipinski definition) is 4. The molecule has 0 saturated carbocycles. The molecule has 96 valence electrons. The predicted octanol–water partition coefficient (Wildman–Crippen LogP) is 4.02. The summed E-state index contributed by atoms with van der Waals surface area (Å²) in [7, 11) is 1.96. The zero-order chi connectivity index (χ0) is 13.0. The smallest absolute Gasteiger partial charge is 0.103 e. The van der Waals surface area contributed by atoms with E-state index in [4.69, 9.17) is 0 Å². The summed E-state index contributed by atoms with van der Waals surface area (Å²) in [5, 5.41) is 6.55. The minimum atomic E-state index is 0.332. The third kappa shape index (κ3) is 3.57. The van der Waals surface area contributed by atoms with Crippen molar-refractivity contribution >= 4 is 23.1 Å². The molecule has 2 rings (SSSR count). The van der Waals surface area contributed by atoms with Crippen molar-refractivity contribution in [2.75, 3.05) is 7.05 Å². The maximum atomic E-state index is 4.65. The van der Waals surface area contributed by atoms with E-state index in [0.717, 1.165) is 11.4 Å². The van der Waals surface area contributed by atoms with Crippen LogP contribution in [0.25, 0.3) is 0 Å². The van der Waals surface area contributed by atoms with Gasteiger partial charge in [0.2, 0.25) is 0 Å². The molecule has 1 heterocycles. The highest BCUT2D eigenvalue weighted by Crippen LogP contribution is 2.26. The van der Waals surface area contributed by atoms with Crippen molar-refractivity contribution in [3.63, 3.8) is 0 Å². The second-order valence-electron chi connectivity index (χ2n) is 4.28. The average Bonchev–Trinajstić information content (AvgIpc) is 2.84. The Morgan fingerprint density at radius 1 is 1.44 bits per heavy atom. The predicted molar refractivity (Wildman–Crippen MR) is 80.3 cm³/mol. The molecule has 4 heteroatoms. The van der Waals surface area contributed by atoms with E-state index in [-0.39, 0.29) is 0 Å². The van der Waals surface area contributed by atoms with Gasteiger partial charge in [-0.2, -0.15) is 0 Å². The van der Waals surface area contributed by atoms with Crippen LogP contribution in [-0.2, 0) is 5.75 Å². The average molecular weight is 278 g/mol. The number of benzene rings is 1. The fourth-order valence-corrected chi connectivity index (χ4v) is 3.51. The lowest BCUT2D eigenvalue weighted by atomic mass is 10.2. The number of aromatic nitrogens is 1. The van der Waals surface area contributed by atoms with E-state index in [1.165, 1.54) is 15.5 Å². The van der Waals surface area contributed by atoms with E-state index in [2.05, 4.69) is 53.8 Å². The number of rotatable bonds is 5. The van der Waals surface area contributed by atoms with E-state index in [1.807, 2.05) is 18.8 Å². The maximum absolute atomic E-state index is 4.65. The standard InChI is InChI=1S/C14H18N2S2/c1-10-5-4-6-12(7-10)17-9-14-16-13(8-18-14)11(2)15-3/h4-8,11,15H,9H2,1-3H3. The highest BCUT2D eigenvalue weighted by molar-refractivity contribution is 7.98. The quantitative estimate of drug-likeness (QED) is 0.836. The molecule has 1 unspecified atom stereocenters. The first-order valence-corrected chi connectivity index (χ1v) is 7.86. The second kappa shape index (κ2) is 6.36. The molecule has 0 saturated heterocycles. The molecule has 0 aliphatic carbocycles. The lowest BCUT2D eigenvalue weighted by Crippen LogP contribution is -2.12. The van der Waals surface area contributed by atoms with E-state index in [0.29, 0.717) is 6.04 Å². The van der Waals surface area contributed by atoms with Crippen LogP contribution < -0.4 is 5.32 Å². The Kier molecular flexibility index (Phi) is 4.80. The van der Waals surface area contributed by atoms with Gasteiger partial charge in [-0.05, 0) is 33.0 Å². The van der Waals surface area contributed by atoms with Crippen molar-refractivity contribution in [3.8, 4) is 0 Å². The largest absolute Gasteiger partial charge is 0.312 e. The molecule has 18 heavy (non-hydrogen) atoms. The van der Waals surface area contributed by atoms with E-state index >= 15 is 0 Å². The number of thiazole rings is 1. The van der Waals surface area contributed by atoms with Gasteiger partial charge in [0.05, 0.1) is 11.4 Å². The van der Waals surface area contributed by atoms with Gasteiger partial charge in [-0.3, -0.25) is 0 Å². The number of thioether (sulfide) groups is 1. The molecule has 1 aromatic heterocycles. The molecule has 2 aromatic rings. The molecule has 0 radical (unpaired) electrons. The van der Waals surface area contributed by atoms with Gasteiger partial charge in [0.1, 0.15) is 5.01 Å². The zero-order valence-electron chi connectivity index (χ0n) is 10.9. The van der Waals surface area contributed by atoms with Gasteiger partial charge in [0.15, 0.2) is 0 Å². The summed E-state index contributed by atoms with van der Waals surface area (Å²) in [4.78, 5) is 5.97. The summed E-state index contributed by atoms with van der Waals surface area (Å²) in [6, 6.07) is 8.94. The van der Waals surface area contributed by atoms with Crippen LogP contribution in [0.5, 0.6) is 0 Å². The minimum Gasteiger partial charge on any atom is -0.312 e. The molecule has 1 N–H and O–H groups in total. The van der Waals surface area contributed by atoms with Gasteiger partial charge < -0.3 is 5.32 Å². The van der Waals surface area contributed by atoms with Crippen molar-refractivity contribution in [1.29, 1.82) is 0 Å². The Bertz CT molecular complexity index is 508. The van der Waals surface area contributed by atoms with Crippen LogP contribution in [0.3, 0.4) is 0 Å². The van der Waals surface area contributed by atoms with Crippen LogP contribution in [0.4, 0.5) is 0 Å². The molecule has 0 spiro atoms. The summed E-state index contributed by atoms with van der Waals surface area (Å²) in [6.45, 7) is 4.26. The topological polar surface area (TPSA) is 24.9 Å². The van der Waals surface area contributed by atoms with Crippen LogP contribution in [-0.4, -0.2) is 12.0 Å². The lowest BCUT2D eigenvalue weighted by Gasteiger charge is -2.05. The van der Waals surface area contributed by atoms with Crippen LogP contribution in [0.2, 0.25) is 0 Å². The molecule has 2 nitrogen and oxygen atoms in total. The van der Waals surface area contributed by atoms with Crippen molar-refractivity contribution in [3.05, 3.63) is 45.9 Å². The molecule has 0 bridgehead atoms. The number of nitrogens with one attached hydrogen (secondary N) is 1. The first kappa shape index (κ1) is 13.6. The van der Waals surface area contributed by atoms with E-state index in [9.17, 15) is 0 Å². The summed E-state index contributed by atoms with van der Waals surface area (Å²) >= 11 is 3.59. The Hall–Kier alpha value is -0.840. The minimum absolute atomic E-state index is 0.332. The van der Waals surface area contributed by atoms with Crippen LogP contribution in [0.1, 0.15) is 29.2 Å². The molecule has 1 atom stereocenters. The van der Waals surface area contributed by atoms with Crippen molar-refractivity contribution < 1.29 is 0 Å². The maximum Gasteiger partial charge on any atom is 0.103 e. The van der Waals surface area contributed by atoms with Gasteiger partial charge in [0.25, 0.3) is 0 Å². The molecular weight excluding hydrogens is 260 g/mol. The van der Waals surface area contributed by atoms with Gasteiger partial charge in [-0.1, -0.05) is 17.7 Å². The third-order valence-electron chi connectivity index (χ3n) is 2.80. The Morgan fingerprint density at radius 2 is 2.28 bits per heavy atom. The van der Waals surface area contributed by atoms with E-state index in [1.54, 1.807) is 11.3 Å². The zero-order valence-corrected chi connectivity index (χ0v) is 12.6. The lowest BCUT2D eigenvalue weighted by molar-refractivity contribution is 0.635. The highest BCUT2D eigenvalue weighted by Gasteiger charge is 2.08. The van der Waals surface area contributed by atoms with Crippen LogP contribution in [0, 0.1) is 6.92 Å². The van der Waals surface area contributed by atoms with Crippen molar-refractivity contribution in [2.24, 2.45) is 0 Å². The molecule has 0 amide bonds. The molecule has 1 aromatic carbocycles. The fourth-order valence-electron chi connectivity index (χ4n) is 1.59. The summed E-state index contributed by atoms with van der Waals surface area (Å²) in [6.07, 6.45) is 0. The van der Waals surface area contributed by atoms with Crippen LogP contribution >= 0.6 is 23.1 Å². The first-order valence-electron chi connectivity index (χ1n) is 6.00. The molecule has 0 aliphatic rings. The van der Waals surface area contributed by atoms with Gasteiger partial charge >= 0.3 is 0 Å². The monoisotopic (exact) mass is 278 g/mol. The van der Waals surface area contributed by atoms with Gasteiger partial charge in [0, 0.05) is 16.3 Å². The summed E-state index contributed by atoms with van der Waals surface area (Å²) < 4.78 is 0. The van der Waals surface area contributed by atoms with Crippen LogP contribution in [0.15, 0.2) is 34.5 Å². The van der Waals surface area contributed by atoms with Crippen molar-refractivity contribution in [1.82, 2.24) is 10.3 Å². The Balaban J connectivity index is 1.96. The summed E-state index contributed by atoms with van der Waals surface area (Å²) in [5.74, 6) is 0.949. The molecule has 0 aliphatic heterocycles. The second-order valence-corrected chi connectivity index (χ2v) is 6.27. The Morgan fingerprint density at radius 3 is 3.00 bits per heavy atom. The van der Waals surface area contributed by atoms with Gasteiger partial charge in [-0.15, -0.1) is 23.1 Å². The van der Waals surface area contributed by atoms with Gasteiger partial charge in [-0.25, -0.2) is 4.98 Å². The molecular formula is C14H18N2S2. The highest BCUT2D eigenvalue weighted by atomic mass is 32.2. The molecule has 0 fully saturated rings. The first-order chi connectivity index (χ1) is 8.69. The van der Waals surface area contributed by atoms with E-state index < -0.39 is 0 Å². The number of aryl methyl sites for hydroxylation is 1. The number of nitrogens with zero attached hydrogens (tertiary/aromatic N) is 1. The number of hydrogen-bond donors (Lipinski definition) is 1.